The Balaban J connectivity index is 1.49. The zero-order valence-corrected chi connectivity index (χ0v) is 18.2. The van der Waals surface area contributed by atoms with Crippen molar-refractivity contribution >= 4 is 11.8 Å². The van der Waals surface area contributed by atoms with Crippen molar-refractivity contribution in [1.82, 2.24) is 10.2 Å². The Kier molecular flexibility index (Phi) is 6.40. The van der Waals surface area contributed by atoms with Gasteiger partial charge in [-0.15, -0.1) is 0 Å². The van der Waals surface area contributed by atoms with Crippen molar-refractivity contribution in [3.8, 4) is 11.5 Å². The second-order valence-corrected chi connectivity index (χ2v) is 7.63. The van der Waals surface area contributed by atoms with Crippen LogP contribution in [-0.2, 0) is 17.8 Å². The summed E-state index contributed by atoms with van der Waals surface area (Å²) in [6.45, 7) is 0.851. The Morgan fingerprint density at radius 3 is 2.41 bits per heavy atom. The molecule has 2 amide bonds. The highest BCUT2D eigenvalue weighted by molar-refractivity contribution is 6.01. The van der Waals surface area contributed by atoms with Crippen LogP contribution >= 0.6 is 0 Å². The van der Waals surface area contributed by atoms with Crippen LogP contribution in [0.3, 0.4) is 0 Å². The zero-order chi connectivity index (χ0) is 22.5. The van der Waals surface area contributed by atoms with Crippen LogP contribution in [0.15, 0.2) is 72.8 Å². The van der Waals surface area contributed by atoms with Gasteiger partial charge in [-0.3, -0.25) is 9.59 Å². The summed E-state index contributed by atoms with van der Waals surface area (Å²) in [6.07, 6.45) is 0.627. The van der Waals surface area contributed by atoms with E-state index in [4.69, 9.17) is 9.47 Å². The standard InChI is InChI=1S/C26H26N2O4/c1-31-22-13-12-18(16-23(22)32-2)14-15-27-25(29)24(19-8-4-3-5-9-19)28-17-20-10-6-7-11-21(20)26(28)30/h3-13,16,24H,14-15,17H2,1-2H3,(H,27,29)/t24-/m1/s1. The number of nitrogens with zero attached hydrogens (tertiary/aromatic N) is 1. The number of hydrogen-bond donors (Lipinski definition) is 1. The van der Waals surface area contributed by atoms with Gasteiger partial charge in [0.2, 0.25) is 5.91 Å². The number of rotatable bonds is 8. The highest BCUT2D eigenvalue weighted by Gasteiger charge is 2.37. The normalized spacial score (nSPS) is 13.4. The summed E-state index contributed by atoms with van der Waals surface area (Å²) >= 11 is 0. The molecule has 164 valence electrons. The predicted molar refractivity (Wildman–Crippen MR) is 122 cm³/mol. The first-order valence-corrected chi connectivity index (χ1v) is 10.5. The number of benzene rings is 3. The molecule has 3 aromatic rings. The van der Waals surface area contributed by atoms with E-state index in [-0.39, 0.29) is 11.8 Å². The lowest BCUT2D eigenvalue weighted by atomic mass is 10.0. The molecule has 6 nitrogen and oxygen atoms in total. The second-order valence-electron chi connectivity index (χ2n) is 7.63. The van der Waals surface area contributed by atoms with Gasteiger partial charge in [0.25, 0.3) is 5.91 Å². The average molecular weight is 431 g/mol. The van der Waals surface area contributed by atoms with Crippen molar-refractivity contribution in [2.24, 2.45) is 0 Å². The van der Waals surface area contributed by atoms with Gasteiger partial charge in [-0.1, -0.05) is 54.6 Å². The van der Waals surface area contributed by atoms with E-state index in [1.807, 2.05) is 72.8 Å². The number of methoxy groups -OCH3 is 2. The van der Waals surface area contributed by atoms with E-state index < -0.39 is 6.04 Å². The topological polar surface area (TPSA) is 67.9 Å². The Morgan fingerprint density at radius 2 is 1.69 bits per heavy atom. The molecule has 4 rings (SSSR count). The van der Waals surface area contributed by atoms with Gasteiger partial charge in [-0.05, 0) is 41.3 Å². The SMILES string of the molecule is COc1ccc(CCNC(=O)[C@@H](c2ccccc2)N2Cc3ccccc3C2=O)cc1OC. The lowest BCUT2D eigenvalue weighted by Gasteiger charge is -2.27. The minimum Gasteiger partial charge on any atom is -0.493 e. The summed E-state index contributed by atoms with van der Waals surface area (Å²) in [5.41, 5.74) is 3.41. The largest absolute Gasteiger partial charge is 0.493 e. The zero-order valence-electron chi connectivity index (χ0n) is 18.2. The second kappa shape index (κ2) is 9.56. The van der Waals surface area contributed by atoms with Gasteiger partial charge in [0.05, 0.1) is 14.2 Å². The van der Waals surface area contributed by atoms with Crippen molar-refractivity contribution in [2.75, 3.05) is 20.8 Å². The van der Waals surface area contributed by atoms with Crippen LogP contribution in [0, 0.1) is 0 Å². The van der Waals surface area contributed by atoms with Crippen LogP contribution in [0.2, 0.25) is 0 Å². The first-order valence-electron chi connectivity index (χ1n) is 10.5. The van der Waals surface area contributed by atoms with Crippen molar-refractivity contribution in [2.45, 2.75) is 19.0 Å². The lowest BCUT2D eigenvalue weighted by Crippen LogP contribution is -2.41. The fraction of sp³-hybridized carbons (Fsp3) is 0.231. The molecule has 32 heavy (non-hydrogen) atoms. The van der Waals surface area contributed by atoms with E-state index in [2.05, 4.69) is 5.32 Å². The summed E-state index contributed by atoms with van der Waals surface area (Å²) in [6, 6.07) is 21.9. The quantitative estimate of drug-likeness (QED) is 0.591. The Bertz CT molecular complexity index is 1110. The van der Waals surface area contributed by atoms with Crippen molar-refractivity contribution in [3.63, 3.8) is 0 Å². The molecular weight excluding hydrogens is 404 g/mol. The fourth-order valence-corrected chi connectivity index (χ4v) is 4.06. The van der Waals surface area contributed by atoms with E-state index in [1.165, 1.54) is 0 Å². The minimum atomic E-state index is -0.693. The molecule has 1 atom stereocenters. The highest BCUT2D eigenvalue weighted by atomic mass is 16.5. The maximum atomic E-state index is 13.3. The van der Waals surface area contributed by atoms with Gasteiger partial charge in [-0.25, -0.2) is 0 Å². The number of amides is 2. The first-order chi connectivity index (χ1) is 15.6. The van der Waals surface area contributed by atoms with E-state index in [0.29, 0.717) is 36.6 Å². The van der Waals surface area contributed by atoms with Crippen molar-refractivity contribution in [1.29, 1.82) is 0 Å². The average Bonchev–Trinajstić information content (AvgIpc) is 3.16. The Hall–Kier alpha value is -3.80. The Morgan fingerprint density at radius 1 is 0.969 bits per heavy atom. The molecule has 0 aliphatic carbocycles. The summed E-state index contributed by atoms with van der Waals surface area (Å²) in [7, 11) is 3.19. The van der Waals surface area contributed by atoms with Crippen LogP contribution in [-0.4, -0.2) is 37.5 Å². The van der Waals surface area contributed by atoms with Crippen LogP contribution in [0.5, 0.6) is 11.5 Å². The predicted octanol–water partition coefficient (Wildman–Crippen LogP) is 3.76. The third kappa shape index (κ3) is 4.30. The third-order valence-electron chi connectivity index (χ3n) is 5.69. The Labute approximate surface area is 187 Å². The van der Waals surface area contributed by atoms with Gasteiger partial charge in [0.1, 0.15) is 6.04 Å². The van der Waals surface area contributed by atoms with Crippen molar-refractivity contribution < 1.29 is 19.1 Å². The van der Waals surface area contributed by atoms with Crippen LogP contribution in [0.1, 0.15) is 33.1 Å². The molecule has 0 saturated heterocycles. The number of hydrogen-bond acceptors (Lipinski definition) is 4. The molecule has 0 fully saturated rings. The molecular formula is C26H26N2O4. The first kappa shape index (κ1) is 21.4. The summed E-state index contributed by atoms with van der Waals surface area (Å²) in [4.78, 5) is 28.0. The number of ether oxygens (including phenoxy) is 2. The maximum absolute atomic E-state index is 13.3. The van der Waals surface area contributed by atoms with Gasteiger partial charge < -0.3 is 19.7 Å². The molecule has 1 N–H and O–H groups in total. The van der Waals surface area contributed by atoms with Crippen LogP contribution < -0.4 is 14.8 Å². The molecule has 0 spiro atoms. The van der Waals surface area contributed by atoms with E-state index in [1.54, 1.807) is 19.1 Å². The summed E-state index contributed by atoms with van der Waals surface area (Å²) in [5.74, 6) is 0.998. The number of carbonyl (C=O) groups excluding carboxylic acids is 2. The van der Waals surface area contributed by atoms with Gasteiger partial charge >= 0.3 is 0 Å². The van der Waals surface area contributed by atoms with Crippen LogP contribution in [0.25, 0.3) is 0 Å². The number of carbonyl (C=O) groups is 2. The van der Waals surface area contributed by atoms with E-state index in [0.717, 1.165) is 16.7 Å². The molecule has 6 heteroatoms. The number of fused-ring (bicyclic) bond motifs is 1. The monoisotopic (exact) mass is 430 g/mol. The third-order valence-corrected chi connectivity index (χ3v) is 5.69. The molecule has 0 radical (unpaired) electrons. The molecule has 0 unspecified atom stereocenters. The smallest absolute Gasteiger partial charge is 0.255 e. The molecule has 0 bridgehead atoms. The molecule has 1 aliphatic rings. The maximum Gasteiger partial charge on any atom is 0.255 e. The number of nitrogens with one attached hydrogen (secondary N) is 1. The fourth-order valence-electron chi connectivity index (χ4n) is 4.06. The molecule has 0 saturated carbocycles. The van der Waals surface area contributed by atoms with Gasteiger partial charge in [-0.2, -0.15) is 0 Å². The van der Waals surface area contributed by atoms with Gasteiger partial charge in [0, 0.05) is 18.7 Å². The molecule has 0 aromatic heterocycles. The molecule has 3 aromatic carbocycles. The van der Waals surface area contributed by atoms with E-state index >= 15 is 0 Å². The minimum absolute atomic E-state index is 0.121. The lowest BCUT2D eigenvalue weighted by molar-refractivity contribution is -0.125. The summed E-state index contributed by atoms with van der Waals surface area (Å²) < 4.78 is 10.6. The van der Waals surface area contributed by atoms with Gasteiger partial charge in [0.15, 0.2) is 11.5 Å². The van der Waals surface area contributed by atoms with E-state index in [9.17, 15) is 9.59 Å². The molecule has 1 aliphatic heterocycles. The molecule has 1 heterocycles. The van der Waals surface area contributed by atoms with Crippen molar-refractivity contribution in [3.05, 3.63) is 95.1 Å². The van der Waals surface area contributed by atoms with Crippen LogP contribution in [0.4, 0.5) is 0 Å². The summed E-state index contributed by atoms with van der Waals surface area (Å²) in [5, 5.41) is 3.02. The highest BCUT2D eigenvalue weighted by Crippen LogP contribution is 2.32.